The van der Waals surface area contributed by atoms with E-state index in [1.54, 1.807) is 6.92 Å². The second-order valence-electron chi connectivity index (χ2n) is 1.71. The Morgan fingerprint density at radius 1 is 1.89 bits per heavy atom. The van der Waals surface area contributed by atoms with E-state index < -0.39 is 11.4 Å². The number of methoxy groups -OCH3 is 1. The highest BCUT2D eigenvalue weighted by atomic mass is 31.0. The monoisotopic (exact) mass is 152 g/mol. The summed E-state index contributed by atoms with van der Waals surface area (Å²) in [4.78, 5) is 10.4. The fraction of sp³-hybridized carbons (Fsp3) is 0.800. The van der Waals surface area contributed by atoms with Crippen LogP contribution in [0, 0.1) is 0 Å². The average Bonchev–Trinajstić information content (AvgIpc) is 1.86. The third-order valence-electron chi connectivity index (χ3n) is 1.04. The Bertz CT molecular complexity index is 114. The van der Waals surface area contributed by atoms with E-state index in [0.717, 1.165) is 7.11 Å². The van der Waals surface area contributed by atoms with Crippen molar-refractivity contribution in [1.82, 2.24) is 0 Å². The maximum Gasteiger partial charge on any atom is 0.347 e. The molecule has 0 aromatic rings. The summed E-state index contributed by atoms with van der Waals surface area (Å²) in [6, 6.07) is 0. The van der Waals surface area contributed by atoms with E-state index in [9.17, 15) is 9.18 Å². The van der Waals surface area contributed by atoms with E-state index in [-0.39, 0.29) is 6.42 Å². The molecule has 0 aliphatic rings. The van der Waals surface area contributed by atoms with Crippen molar-refractivity contribution in [3.8, 4) is 0 Å². The van der Waals surface area contributed by atoms with Crippen molar-refractivity contribution in [2.75, 3.05) is 7.11 Å². The molecule has 54 valence electrons. The van der Waals surface area contributed by atoms with Gasteiger partial charge in [0.2, 0.25) is 5.41 Å². The summed E-state index contributed by atoms with van der Waals surface area (Å²) in [5, 5.41) is -1.89. The van der Waals surface area contributed by atoms with E-state index in [0.29, 0.717) is 0 Å². The van der Waals surface area contributed by atoms with Crippen molar-refractivity contribution in [1.29, 1.82) is 0 Å². The number of rotatable bonds is 2. The quantitative estimate of drug-likeness (QED) is 0.437. The van der Waals surface area contributed by atoms with Gasteiger partial charge in [-0.25, -0.2) is 9.18 Å². The number of alkyl halides is 1. The molecule has 0 aromatic heterocycles. The van der Waals surface area contributed by atoms with Gasteiger partial charge < -0.3 is 4.74 Å². The summed E-state index contributed by atoms with van der Waals surface area (Å²) in [5.41, 5.74) is 0. The number of esters is 1. The van der Waals surface area contributed by atoms with Gasteiger partial charge in [0, 0.05) is 0 Å². The summed E-state index contributed by atoms with van der Waals surface area (Å²) in [5.74, 6) is -0.838. The highest BCUT2D eigenvalue weighted by Crippen LogP contribution is 2.25. The van der Waals surface area contributed by atoms with Crippen LogP contribution in [0.15, 0.2) is 0 Å². The summed E-state index contributed by atoms with van der Waals surface area (Å²) in [7, 11) is 2.97. The summed E-state index contributed by atoms with van der Waals surface area (Å²) in [6.45, 7) is 1.57. The molecule has 0 N–H and O–H groups in total. The van der Waals surface area contributed by atoms with E-state index in [1.807, 2.05) is 9.24 Å². The number of ether oxygens (including phenoxy) is 1. The Morgan fingerprint density at radius 2 is 2.33 bits per heavy atom. The molecular weight excluding hydrogens is 142 g/mol. The first-order chi connectivity index (χ1) is 4.04. The molecule has 0 rings (SSSR count). The van der Waals surface area contributed by atoms with Crippen LogP contribution >= 0.6 is 9.24 Å². The van der Waals surface area contributed by atoms with Crippen LogP contribution in [-0.2, 0) is 9.53 Å². The first kappa shape index (κ1) is 8.83. The molecule has 0 spiro atoms. The minimum Gasteiger partial charge on any atom is -0.466 e. The Labute approximate surface area is 56.0 Å². The van der Waals surface area contributed by atoms with Crippen LogP contribution in [0.4, 0.5) is 4.39 Å². The van der Waals surface area contributed by atoms with Gasteiger partial charge >= 0.3 is 5.97 Å². The molecule has 0 aliphatic heterocycles. The largest absolute Gasteiger partial charge is 0.466 e. The average molecular weight is 152 g/mol. The molecular formula is C5H10FO2P. The molecule has 0 aromatic carbocycles. The highest BCUT2D eigenvalue weighted by Gasteiger charge is 2.31. The van der Waals surface area contributed by atoms with Gasteiger partial charge in [0.15, 0.2) is 0 Å². The summed E-state index contributed by atoms with van der Waals surface area (Å²) < 4.78 is 16.9. The molecule has 0 bridgehead atoms. The van der Waals surface area contributed by atoms with Crippen molar-refractivity contribution in [3.63, 3.8) is 0 Å². The molecule has 0 heterocycles. The predicted molar refractivity (Wildman–Crippen MR) is 35.9 cm³/mol. The molecule has 0 amide bonds. The minimum atomic E-state index is -1.89. The van der Waals surface area contributed by atoms with Crippen molar-refractivity contribution >= 4 is 15.2 Å². The van der Waals surface area contributed by atoms with Crippen LogP contribution in [0.2, 0.25) is 0 Å². The van der Waals surface area contributed by atoms with Crippen molar-refractivity contribution in [2.45, 2.75) is 18.8 Å². The van der Waals surface area contributed by atoms with Gasteiger partial charge in [0.05, 0.1) is 7.11 Å². The lowest BCUT2D eigenvalue weighted by atomic mass is 10.3. The molecule has 0 radical (unpaired) electrons. The minimum absolute atomic E-state index is 0.115. The van der Waals surface area contributed by atoms with Crippen molar-refractivity contribution in [2.24, 2.45) is 0 Å². The molecule has 0 aliphatic carbocycles. The van der Waals surface area contributed by atoms with Crippen molar-refractivity contribution in [3.05, 3.63) is 0 Å². The van der Waals surface area contributed by atoms with Crippen LogP contribution in [0.1, 0.15) is 13.3 Å². The smallest absolute Gasteiger partial charge is 0.347 e. The zero-order valence-corrected chi connectivity index (χ0v) is 6.63. The topological polar surface area (TPSA) is 26.3 Å². The number of carbonyl (C=O) groups excluding carboxylic acids is 1. The fourth-order valence-electron chi connectivity index (χ4n) is 0.314. The van der Waals surface area contributed by atoms with E-state index in [1.165, 1.54) is 0 Å². The summed E-state index contributed by atoms with van der Waals surface area (Å²) in [6.07, 6.45) is 0.115. The summed E-state index contributed by atoms with van der Waals surface area (Å²) >= 11 is 0. The van der Waals surface area contributed by atoms with E-state index in [4.69, 9.17) is 0 Å². The van der Waals surface area contributed by atoms with Gasteiger partial charge in [-0.15, -0.1) is 0 Å². The zero-order chi connectivity index (χ0) is 7.49. The Hall–Kier alpha value is -0.170. The lowest BCUT2D eigenvalue weighted by molar-refractivity contribution is -0.148. The molecule has 0 fully saturated rings. The van der Waals surface area contributed by atoms with Gasteiger partial charge in [-0.1, -0.05) is 16.2 Å². The maximum absolute atomic E-state index is 12.7. The Kier molecular flexibility index (Phi) is 3.06. The molecule has 2 atom stereocenters. The fourth-order valence-corrected chi connectivity index (χ4v) is 0.432. The van der Waals surface area contributed by atoms with Gasteiger partial charge in [0.1, 0.15) is 0 Å². The van der Waals surface area contributed by atoms with Crippen molar-refractivity contribution < 1.29 is 13.9 Å². The van der Waals surface area contributed by atoms with Crippen LogP contribution in [0.5, 0.6) is 0 Å². The third kappa shape index (κ3) is 2.27. The second kappa shape index (κ2) is 3.11. The lowest BCUT2D eigenvalue weighted by Gasteiger charge is -2.13. The standard InChI is InChI=1S/C5H10FO2P/c1-3-5(6,9)4(7)8-2/h3,9H2,1-2H3. The second-order valence-corrected chi connectivity index (χ2v) is 2.62. The van der Waals surface area contributed by atoms with E-state index >= 15 is 0 Å². The molecule has 0 saturated carbocycles. The van der Waals surface area contributed by atoms with Gasteiger partial charge in [0.25, 0.3) is 0 Å². The molecule has 2 nitrogen and oxygen atoms in total. The van der Waals surface area contributed by atoms with Crippen LogP contribution < -0.4 is 0 Å². The maximum atomic E-state index is 12.7. The normalized spacial score (nSPS) is 16.4. The number of carbonyl (C=O) groups is 1. The predicted octanol–water partition coefficient (Wildman–Crippen LogP) is 1.11. The molecule has 9 heavy (non-hydrogen) atoms. The van der Waals surface area contributed by atoms with Crippen LogP contribution in [0.3, 0.4) is 0 Å². The Balaban J connectivity index is 3.97. The molecule has 0 saturated heterocycles. The first-order valence-corrected chi connectivity index (χ1v) is 3.18. The first-order valence-electron chi connectivity index (χ1n) is 2.60. The van der Waals surface area contributed by atoms with Crippen LogP contribution in [-0.4, -0.2) is 18.5 Å². The van der Waals surface area contributed by atoms with Gasteiger partial charge in [-0.3, -0.25) is 0 Å². The lowest BCUT2D eigenvalue weighted by Crippen LogP contribution is -2.26. The number of hydrogen-bond acceptors (Lipinski definition) is 2. The number of halogens is 1. The SMILES string of the molecule is CCC(F)(P)C(=O)OC. The third-order valence-corrected chi connectivity index (χ3v) is 1.68. The zero-order valence-electron chi connectivity index (χ0n) is 5.48. The Morgan fingerprint density at radius 3 is 2.44 bits per heavy atom. The molecule has 2 unspecified atom stereocenters. The van der Waals surface area contributed by atoms with Gasteiger partial charge in [-0.05, 0) is 6.42 Å². The molecule has 4 heteroatoms. The van der Waals surface area contributed by atoms with E-state index in [2.05, 4.69) is 4.74 Å². The highest BCUT2D eigenvalue weighted by molar-refractivity contribution is 7.20. The number of hydrogen-bond donors (Lipinski definition) is 0. The van der Waals surface area contributed by atoms with Gasteiger partial charge in [-0.2, -0.15) is 0 Å². The van der Waals surface area contributed by atoms with Crippen LogP contribution in [0.25, 0.3) is 0 Å².